The molecule has 5 nitrogen and oxygen atoms in total. The summed E-state index contributed by atoms with van der Waals surface area (Å²) >= 11 is 0. The minimum absolute atomic E-state index is 0.256. The molecule has 3 rings (SSSR count). The fourth-order valence-corrected chi connectivity index (χ4v) is 2.35. The van der Waals surface area contributed by atoms with Crippen LogP contribution in [0.1, 0.15) is 31.0 Å². The zero-order valence-electron chi connectivity index (χ0n) is 9.84. The fourth-order valence-electron chi connectivity index (χ4n) is 2.35. The van der Waals surface area contributed by atoms with Gasteiger partial charge in [0.1, 0.15) is 17.5 Å². The molecule has 2 heterocycles. The number of hydrogen-bond donors (Lipinski definition) is 2. The van der Waals surface area contributed by atoms with Gasteiger partial charge in [0.05, 0.1) is 0 Å². The standard InChI is InChI=1S/C12H18N4O/c13-10-5-11(15-12(14-10)9-1-2-9)16-4-3-8(6-16)7-17/h5,8-9,17H,1-4,6-7H2,(H2,13,14,15). The lowest BCUT2D eigenvalue weighted by Gasteiger charge is -2.18. The quantitative estimate of drug-likeness (QED) is 0.807. The van der Waals surface area contributed by atoms with Crippen molar-refractivity contribution in [2.75, 3.05) is 30.3 Å². The first-order valence-electron chi connectivity index (χ1n) is 6.26. The molecule has 5 heteroatoms. The molecule has 92 valence electrons. The first-order valence-corrected chi connectivity index (χ1v) is 6.26. The number of nitrogens with zero attached hydrogens (tertiary/aromatic N) is 3. The smallest absolute Gasteiger partial charge is 0.136 e. The van der Waals surface area contributed by atoms with Crippen LogP contribution in [0.15, 0.2) is 6.07 Å². The zero-order valence-corrected chi connectivity index (χ0v) is 9.84. The molecule has 1 atom stereocenters. The average Bonchev–Trinajstić information content (AvgIpc) is 3.06. The van der Waals surface area contributed by atoms with Crippen molar-refractivity contribution in [1.82, 2.24) is 9.97 Å². The minimum atomic E-state index is 0.256. The maximum atomic E-state index is 9.15. The lowest BCUT2D eigenvalue weighted by molar-refractivity contribution is 0.238. The summed E-state index contributed by atoms with van der Waals surface area (Å²) in [4.78, 5) is 11.1. The molecular formula is C12H18N4O. The molecule has 1 saturated heterocycles. The molecule has 1 aromatic rings. The van der Waals surface area contributed by atoms with Gasteiger partial charge in [-0.3, -0.25) is 0 Å². The second-order valence-electron chi connectivity index (χ2n) is 5.07. The summed E-state index contributed by atoms with van der Waals surface area (Å²) in [5.74, 6) is 3.27. The van der Waals surface area contributed by atoms with Gasteiger partial charge in [-0.05, 0) is 19.3 Å². The fraction of sp³-hybridized carbons (Fsp3) is 0.667. The van der Waals surface area contributed by atoms with E-state index in [4.69, 9.17) is 10.8 Å². The van der Waals surface area contributed by atoms with E-state index in [1.165, 1.54) is 12.8 Å². The second kappa shape index (κ2) is 4.14. The molecule has 2 aliphatic rings. The Bertz CT molecular complexity index is 419. The van der Waals surface area contributed by atoms with Crippen LogP contribution in [0.5, 0.6) is 0 Å². The highest BCUT2D eigenvalue weighted by Gasteiger charge is 2.29. The second-order valence-corrected chi connectivity index (χ2v) is 5.07. The van der Waals surface area contributed by atoms with Crippen LogP contribution in [-0.2, 0) is 0 Å². The Hall–Kier alpha value is -1.36. The number of nitrogens with two attached hydrogens (primary N) is 1. The van der Waals surface area contributed by atoms with Gasteiger partial charge in [-0.25, -0.2) is 9.97 Å². The SMILES string of the molecule is Nc1cc(N2CCC(CO)C2)nc(C2CC2)n1. The van der Waals surface area contributed by atoms with E-state index >= 15 is 0 Å². The van der Waals surface area contributed by atoms with Crippen LogP contribution in [0, 0.1) is 5.92 Å². The molecule has 1 aliphatic heterocycles. The molecule has 0 aromatic carbocycles. The van der Waals surface area contributed by atoms with Crippen molar-refractivity contribution in [2.24, 2.45) is 5.92 Å². The first kappa shape index (κ1) is 10.8. The van der Waals surface area contributed by atoms with E-state index in [2.05, 4.69) is 14.9 Å². The highest BCUT2D eigenvalue weighted by Crippen LogP contribution is 2.39. The normalized spacial score (nSPS) is 24.3. The van der Waals surface area contributed by atoms with Crippen LogP contribution >= 0.6 is 0 Å². The van der Waals surface area contributed by atoms with Gasteiger partial charge in [0.15, 0.2) is 0 Å². The third-order valence-electron chi connectivity index (χ3n) is 3.56. The Kier molecular flexibility index (Phi) is 2.63. The van der Waals surface area contributed by atoms with Gasteiger partial charge >= 0.3 is 0 Å². The highest BCUT2D eigenvalue weighted by atomic mass is 16.3. The maximum absolute atomic E-state index is 9.15. The van der Waals surface area contributed by atoms with Crippen LogP contribution in [-0.4, -0.2) is 34.8 Å². The molecule has 3 N–H and O–H groups in total. The topological polar surface area (TPSA) is 75.3 Å². The van der Waals surface area contributed by atoms with Crippen molar-refractivity contribution in [1.29, 1.82) is 0 Å². The summed E-state index contributed by atoms with van der Waals surface area (Å²) in [5.41, 5.74) is 5.83. The predicted octanol–water partition coefficient (Wildman–Crippen LogP) is 0.755. The van der Waals surface area contributed by atoms with E-state index in [-0.39, 0.29) is 6.61 Å². The van der Waals surface area contributed by atoms with Crippen LogP contribution < -0.4 is 10.6 Å². The van der Waals surface area contributed by atoms with Crippen molar-refractivity contribution >= 4 is 11.6 Å². The van der Waals surface area contributed by atoms with Crippen LogP contribution in [0.25, 0.3) is 0 Å². The van der Waals surface area contributed by atoms with E-state index in [0.717, 1.165) is 31.2 Å². The average molecular weight is 234 g/mol. The summed E-state index contributed by atoms with van der Waals surface area (Å²) in [6.45, 7) is 2.08. The van der Waals surface area contributed by atoms with Gasteiger partial charge < -0.3 is 15.7 Å². The molecule has 0 radical (unpaired) electrons. The van der Waals surface area contributed by atoms with Crippen molar-refractivity contribution < 1.29 is 5.11 Å². The molecule has 1 unspecified atom stereocenters. The molecule has 0 amide bonds. The van der Waals surface area contributed by atoms with Gasteiger partial charge in [0.25, 0.3) is 0 Å². The van der Waals surface area contributed by atoms with E-state index in [9.17, 15) is 0 Å². The maximum Gasteiger partial charge on any atom is 0.136 e. The number of aromatic nitrogens is 2. The zero-order chi connectivity index (χ0) is 11.8. The van der Waals surface area contributed by atoms with Crippen molar-refractivity contribution in [2.45, 2.75) is 25.2 Å². The van der Waals surface area contributed by atoms with Gasteiger partial charge in [-0.1, -0.05) is 0 Å². The van der Waals surface area contributed by atoms with Crippen LogP contribution in [0.3, 0.4) is 0 Å². The van der Waals surface area contributed by atoms with Gasteiger partial charge in [0, 0.05) is 37.6 Å². The molecular weight excluding hydrogens is 216 g/mol. The van der Waals surface area contributed by atoms with Gasteiger partial charge in [-0.15, -0.1) is 0 Å². The Morgan fingerprint density at radius 3 is 2.82 bits per heavy atom. The summed E-state index contributed by atoms with van der Waals surface area (Å²) in [6, 6.07) is 1.84. The highest BCUT2D eigenvalue weighted by molar-refractivity contribution is 5.48. The van der Waals surface area contributed by atoms with Crippen molar-refractivity contribution in [3.63, 3.8) is 0 Å². The number of aliphatic hydroxyl groups excluding tert-OH is 1. The van der Waals surface area contributed by atoms with E-state index in [0.29, 0.717) is 17.7 Å². The van der Waals surface area contributed by atoms with Crippen molar-refractivity contribution in [3.8, 4) is 0 Å². The number of nitrogen functional groups attached to an aromatic ring is 1. The summed E-state index contributed by atoms with van der Waals surface area (Å²) in [5, 5.41) is 9.15. The molecule has 1 saturated carbocycles. The number of rotatable bonds is 3. The van der Waals surface area contributed by atoms with Gasteiger partial charge in [0.2, 0.25) is 0 Å². The Balaban J connectivity index is 1.82. The van der Waals surface area contributed by atoms with E-state index < -0.39 is 0 Å². The first-order chi connectivity index (χ1) is 8.26. The Labute approximate surface area is 101 Å². The van der Waals surface area contributed by atoms with Crippen LogP contribution in [0.2, 0.25) is 0 Å². The summed E-state index contributed by atoms with van der Waals surface area (Å²) in [7, 11) is 0. The monoisotopic (exact) mass is 234 g/mol. The third kappa shape index (κ3) is 2.20. The van der Waals surface area contributed by atoms with E-state index in [1.807, 2.05) is 6.07 Å². The lowest BCUT2D eigenvalue weighted by Crippen LogP contribution is -2.22. The number of anilines is 2. The van der Waals surface area contributed by atoms with Crippen molar-refractivity contribution in [3.05, 3.63) is 11.9 Å². The summed E-state index contributed by atoms with van der Waals surface area (Å²) in [6.07, 6.45) is 3.39. The van der Waals surface area contributed by atoms with Gasteiger partial charge in [-0.2, -0.15) is 0 Å². The molecule has 2 fully saturated rings. The Morgan fingerprint density at radius 1 is 1.35 bits per heavy atom. The minimum Gasteiger partial charge on any atom is -0.396 e. The van der Waals surface area contributed by atoms with E-state index in [1.54, 1.807) is 0 Å². The molecule has 1 aromatic heterocycles. The molecule has 0 bridgehead atoms. The van der Waals surface area contributed by atoms with Crippen LogP contribution in [0.4, 0.5) is 11.6 Å². The number of aliphatic hydroxyl groups is 1. The molecule has 0 spiro atoms. The third-order valence-corrected chi connectivity index (χ3v) is 3.56. The number of hydrogen-bond acceptors (Lipinski definition) is 5. The predicted molar refractivity (Wildman–Crippen MR) is 65.8 cm³/mol. The Morgan fingerprint density at radius 2 is 2.18 bits per heavy atom. The lowest BCUT2D eigenvalue weighted by atomic mass is 10.1. The largest absolute Gasteiger partial charge is 0.396 e. The molecule has 1 aliphatic carbocycles. The summed E-state index contributed by atoms with van der Waals surface area (Å²) < 4.78 is 0. The molecule has 17 heavy (non-hydrogen) atoms.